The van der Waals surface area contributed by atoms with Crippen molar-refractivity contribution in [1.82, 2.24) is 0 Å². The van der Waals surface area contributed by atoms with Crippen molar-refractivity contribution in [3.63, 3.8) is 0 Å². The van der Waals surface area contributed by atoms with Crippen LogP contribution in [0.1, 0.15) is 73.1 Å². The maximum atomic E-state index is 6.11. The van der Waals surface area contributed by atoms with Gasteiger partial charge < -0.3 is 4.43 Å². The molecule has 0 aromatic heterocycles. The predicted octanol–water partition coefficient (Wildman–Crippen LogP) is 4.91. The van der Waals surface area contributed by atoms with Gasteiger partial charge in [-0.25, -0.2) is 0 Å². The molecule has 0 amide bonds. The summed E-state index contributed by atoms with van der Waals surface area (Å²) in [7, 11) is -0.945. The molecular formula is C14H32OSi. The SMILES string of the molecule is CCCCCCCCO[SiH](C(C)C)C(C)C. The van der Waals surface area contributed by atoms with E-state index in [1.54, 1.807) is 0 Å². The van der Waals surface area contributed by atoms with Crippen LogP contribution in [0.3, 0.4) is 0 Å². The molecule has 2 heteroatoms. The number of unbranched alkanes of at least 4 members (excludes halogenated alkanes) is 5. The van der Waals surface area contributed by atoms with Gasteiger partial charge in [-0.15, -0.1) is 0 Å². The fraction of sp³-hybridized carbons (Fsp3) is 1.00. The van der Waals surface area contributed by atoms with Crippen LogP contribution in [0.4, 0.5) is 0 Å². The number of rotatable bonds is 10. The fourth-order valence-corrected chi connectivity index (χ4v) is 5.00. The molecule has 0 saturated carbocycles. The van der Waals surface area contributed by atoms with Crippen LogP contribution in [0.15, 0.2) is 0 Å². The van der Waals surface area contributed by atoms with Crippen molar-refractivity contribution < 1.29 is 4.43 Å². The van der Waals surface area contributed by atoms with Gasteiger partial charge in [0, 0.05) is 6.61 Å². The first-order valence-electron chi connectivity index (χ1n) is 7.21. The average molecular weight is 244 g/mol. The second-order valence-corrected chi connectivity index (χ2v) is 9.52. The zero-order valence-corrected chi connectivity index (χ0v) is 13.2. The van der Waals surface area contributed by atoms with E-state index in [4.69, 9.17) is 4.43 Å². The molecule has 1 nitrogen and oxygen atoms in total. The highest BCUT2D eigenvalue weighted by molar-refractivity contribution is 6.54. The van der Waals surface area contributed by atoms with Crippen molar-refractivity contribution in [2.45, 2.75) is 84.2 Å². The van der Waals surface area contributed by atoms with Crippen LogP contribution in [-0.4, -0.2) is 15.6 Å². The Morgan fingerprint density at radius 3 is 1.81 bits per heavy atom. The molecular weight excluding hydrogens is 212 g/mol. The lowest BCUT2D eigenvalue weighted by atomic mass is 10.1. The summed E-state index contributed by atoms with van der Waals surface area (Å²) in [6, 6.07) is 0. The van der Waals surface area contributed by atoms with Gasteiger partial charge in [0.25, 0.3) is 0 Å². The lowest BCUT2D eigenvalue weighted by Crippen LogP contribution is -2.26. The molecule has 0 heterocycles. The quantitative estimate of drug-likeness (QED) is 0.392. The summed E-state index contributed by atoms with van der Waals surface area (Å²) in [6.07, 6.45) is 8.17. The molecule has 0 radical (unpaired) electrons. The Morgan fingerprint density at radius 1 is 0.812 bits per heavy atom. The molecule has 16 heavy (non-hydrogen) atoms. The van der Waals surface area contributed by atoms with Gasteiger partial charge >= 0.3 is 0 Å². The lowest BCUT2D eigenvalue weighted by molar-refractivity contribution is 0.295. The van der Waals surface area contributed by atoms with E-state index in [0.717, 1.165) is 17.7 Å². The number of hydrogen-bond acceptors (Lipinski definition) is 1. The van der Waals surface area contributed by atoms with Gasteiger partial charge in [0.2, 0.25) is 0 Å². The first-order chi connectivity index (χ1) is 7.59. The van der Waals surface area contributed by atoms with Crippen LogP contribution in [0.5, 0.6) is 0 Å². The topological polar surface area (TPSA) is 9.23 Å². The Labute approximate surface area is 105 Å². The van der Waals surface area contributed by atoms with Crippen molar-refractivity contribution in [2.75, 3.05) is 6.61 Å². The van der Waals surface area contributed by atoms with E-state index in [9.17, 15) is 0 Å². The molecule has 0 fully saturated rings. The van der Waals surface area contributed by atoms with Crippen molar-refractivity contribution in [2.24, 2.45) is 0 Å². The Kier molecular flexibility index (Phi) is 10.5. The molecule has 0 rings (SSSR count). The molecule has 0 aliphatic carbocycles. The summed E-state index contributed by atoms with van der Waals surface area (Å²) >= 11 is 0. The molecule has 0 aromatic carbocycles. The summed E-state index contributed by atoms with van der Waals surface area (Å²) in [6.45, 7) is 12.6. The minimum Gasteiger partial charge on any atom is -0.420 e. The van der Waals surface area contributed by atoms with Crippen molar-refractivity contribution in [1.29, 1.82) is 0 Å². The molecule has 0 saturated heterocycles. The smallest absolute Gasteiger partial charge is 0.181 e. The van der Waals surface area contributed by atoms with Crippen molar-refractivity contribution >= 4 is 9.04 Å². The van der Waals surface area contributed by atoms with Crippen LogP contribution in [0.25, 0.3) is 0 Å². The van der Waals surface area contributed by atoms with Gasteiger partial charge in [0.1, 0.15) is 0 Å². The van der Waals surface area contributed by atoms with E-state index in [1.807, 2.05) is 0 Å². The van der Waals surface area contributed by atoms with Crippen molar-refractivity contribution in [3.05, 3.63) is 0 Å². The largest absolute Gasteiger partial charge is 0.420 e. The molecule has 0 aliphatic heterocycles. The van der Waals surface area contributed by atoms with E-state index in [2.05, 4.69) is 34.6 Å². The summed E-state index contributed by atoms with van der Waals surface area (Å²) < 4.78 is 6.11. The molecule has 0 aromatic rings. The van der Waals surface area contributed by atoms with E-state index in [0.29, 0.717) is 0 Å². The van der Waals surface area contributed by atoms with Crippen LogP contribution in [0, 0.1) is 0 Å². The molecule has 0 atom stereocenters. The Bertz CT molecular complexity index is 138. The monoisotopic (exact) mass is 244 g/mol. The second-order valence-electron chi connectivity index (χ2n) is 5.59. The normalized spacial score (nSPS) is 12.0. The maximum absolute atomic E-state index is 6.11. The highest BCUT2D eigenvalue weighted by atomic mass is 28.3. The fourth-order valence-electron chi connectivity index (χ4n) is 2.26. The van der Waals surface area contributed by atoms with Crippen molar-refractivity contribution in [3.8, 4) is 0 Å². The minimum absolute atomic E-state index is 0.778. The summed E-state index contributed by atoms with van der Waals surface area (Å²) in [4.78, 5) is 0. The maximum Gasteiger partial charge on any atom is 0.181 e. The van der Waals surface area contributed by atoms with E-state index >= 15 is 0 Å². The zero-order valence-electron chi connectivity index (χ0n) is 12.1. The van der Waals surface area contributed by atoms with Crippen LogP contribution in [0.2, 0.25) is 11.1 Å². The first-order valence-corrected chi connectivity index (χ1v) is 9.01. The highest BCUT2D eigenvalue weighted by Gasteiger charge is 2.20. The van der Waals surface area contributed by atoms with E-state index in [1.165, 1.54) is 38.5 Å². The van der Waals surface area contributed by atoms with Gasteiger partial charge in [0.15, 0.2) is 9.04 Å². The molecule has 0 unspecified atom stereocenters. The van der Waals surface area contributed by atoms with E-state index in [-0.39, 0.29) is 0 Å². The van der Waals surface area contributed by atoms with Crippen LogP contribution >= 0.6 is 0 Å². The van der Waals surface area contributed by atoms with Gasteiger partial charge in [-0.3, -0.25) is 0 Å². The Balaban J connectivity index is 3.41. The van der Waals surface area contributed by atoms with Gasteiger partial charge in [0.05, 0.1) is 0 Å². The van der Waals surface area contributed by atoms with Crippen LogP contribution < -0.4 is 0 Å². The molecule has 0 aliphatic rings. The highest BCUT2D eigenvalue weighted by Crippen LogP contribution is 2.21. The summed E-state index contributed by atoms with van der Waals surface area (Å²) in [5.41, 5.74) is 1.56. The first kappa shape index (κ1) is 16.2. The predicted molar refractivity (Wildman–Crippen MR) is 76.7 cm³/mol. The third-order valence-corrected chi connectivity index (χ3v) is 6.37. The second kappa shape index (κ2) is 10.3. The third-order valence-electron chi connectivity index (χ3n) is 3.12. The Hall–Kier alpha value is 0.177. The average Bonchev–Trinajstić information content (AvgIpc) is 2.21. The van der Waals surface area contributed by atoms with Gasteiger partial charge in [-0.05, 0) is 17.5 Å². The Morgan fingerprint density at radius 2 is 1.31 bits per heavy atom. The molecule has 0 spiro atoms. The standard InChI is InChI=1S/C14H32OSi/c1-6-7-8-9-10-11-12-15-16(13(2)3)14(4)5/h13-14,16H,6-12H2,1-5H3. The van der Waals surface area contributed by atoms with Crippen LogP contribution in [-0.2, 0) is 4.43 Å². The molecule has 0 N–H and O–H groups in total. The van der Waals surface area contributed by atoms with E-state index < -0.39 is 9.04 Å². The number of hydrogen-bond donors (Lipinski definition) is 0. The third kappa shape index (κ3) is 8.34. The summed E-state index contributed by atoms with van der Waals surface area (Å²) in [5, 5.41) is 0. The zero-order chi connectivity index (χ0) is 12.4. The van der Waals surface area contributed by atoms with Gasteiger partial charge in [-0.1, -0.05) is 66.7 Å². The molecule has 98 valence electrons. The lowest BCUT2D eigenvalue weighted by Gasteiger charge is -2.23. The molecule has 0 bridgehead atoms. The summed E-state index contributed by atoms with van der Waals surface area (Å²) in [5.74, 6) is 0. The van der Waals surface area contributed by atoms with Gasteiger partial charge in [-0.2, -0.15) is 0 Å². The minimum atomic E-state index is -0.945.